The van der Waals surface area contributed by atoms with Crippen LogP contribution in [0.15, 0.2) is 9.95 Å². The van der Waals surface area contributed by atoms with E-state index in [1.807, 2.05) is 11.5 Å². The lowest BCUT2D eigenvalue weighted by molar-refractivity contribution is 0.468. The SMILES string of the molecule is CCC(C)n1c(SCCNS(C)(=O)=O)nc2sc3c(c2c1=O)CCCCC3. The Morgan fingerprint density at radius 1 is 1.30 bits per heavy atom. The van der Waals surface area contributed by atoms with Crippen molar-refractivity contribution >= 4 is 43.3 Å². The number of rotatable bonds is 7. The Bertz CT molecular complexity index is 979. The van der Waals surface area contributed by atoms with Crippen molar-refractivity contribution < 1.29 is 8.42 Å². The summed E-state index contributed by atoms with van der Waals surface area (Å²) in [6.45, 7) is 4.42. The summed E-state index contributed by atoms with van der Waals surface area (Å²) in [5.41, 5.74) is 1.28. The van der Waals surface area contributed by atoms with Gasteiger partial charge in [0, 0.05) is 23.2 Å². The normalized spacial score (nSPS) is 16.3. The van der Waals surface area contributed by atoms with Crippen LogP contribution < -0.4 is 10.3 Å². The molecule has 2 heterocycles. The van der Waals surface area contributed by atoms with Gasteiger partial charge in [-0.05, 0) is 44.6 Å². The molecule has 2 aromatic rings. The molecule has 3 rings (SSSR count). The van der Waals surface area contributed by atoms with Gasteiger partial charge in [-0.25, -0.2) is 18.1 Å². The van der Waals surface area contributed by atoms with E-state index in [9.17, 15) is 13.2 Å². The molecule has 2 aromatic heterocycles. The van der Waals surface area contributed by atoms with E-state index in [-0.39, 0.29) is 11.6 Å². The smallest absolute Gasteiger partial charge is 0.263 e. The van der Waals surface area contributed by atoms with Crippen molar-refractivity contribution in [1.82, 2.24) is 14.3 Å². The second-order valence-corrected chi connectivity index (χ2v) is 11.1. The van der Waals surface area contributed by atoms with E-state index in [1.165, 1.54) is 35.0 Å². The molecule has 0 fully saturated rings. The van der Waals surface area contributed by atoms with Crippen molar-refractivity contribution in [2.24, 2.45) is 0 Å². The summed E-state index contributed by atoms with van der Waals surface area (Å²) in [6.07, 6.45) is 7.53. The Labute approximate surface area is 168 Å². The van der Waals surface area contributed by atoms with Crippen molar-refractivity contribution in [2.75, 3.05) is 18.6 Å². The van der Waals surface area contributed by atoms with Gasteiger partial charge >= 0.3 is 0 Å². The van der Waals surface area contributed by atoms with Gasteiger partial charge in [0.25, 0.3) is 5.56 Å². The minimum atomic E-state index is -3.21. The Kier molecular flexibility index (Phi) is 6.66. The Balaban J connectivity index is 2.00. The largest absolute Gasteiger partial charge is 0.284 e. The number of aryl methyl sites for hydroxylation is 2. The quantitative estimate of drug-likeness (QED) is 0.316. The number of thioether (sulfide) groups is 1. The van der Waals surface area contributed by atoms with E-state index in [2.05, 4.69) is 11.6 Å². The molecule has 0 amide bonds. The molecule has 1 atom stereocenters. The van der Waals surface area contributed by atoms with E-state index < -0.39 is 10.0 Å². The van der Waals surface area contributed by atoms with Crippen LogP contribution in [0.4, 0.5) is 0 Å². The third-order valence-corrected chi connectivity index (χ3v) is 7.84. The average molecular weight is 430 g/mol. The van der Waals surface area contributed by atoms with Gasteiger partial charge in [0.2, 0.25) is 10.0 Å². The Morgan fingerprint density at radius 3 is 2.74 bits per heavy atom. The minimum absolute atomic E-state index is 0.0566. The van der Waals surface area contributed by atoms with E-state index in [0.29, 0.717) is 17.5 Å². The first-order valence-electron chi connectivity index (χ1n) is 9.46. The number of hydrogen-bond acceptors (Lipinski definition) is 6. The van der Waals surface area contributed by atoms with Crippen LogP contribution in [0.3, 0.4) is 0 Å². The molecule has 1 aliphatic carbocycles. The molecule has 150 valence electrons. The molecule has 6 nitrogen and oxygen atoms in total. The maximum Gasteiger partial charge on any atom is 0.263 e. The summed E-state index contributed by atoms with van der Waals surface area (Å²) < 4.78 is 26.8. The molecule has 0 spiro atoms. The highest BCUT2D eigenvalue weighted by atomic mass is 32.2. The van der Waals surface area contributed by atoms with E-state index in [4.69, 9.17) is 4.98 Å². The number of thiophene rings is 1. The fourth-order valence-electron chi connectivity index (χ4n) is 3.42. The number of fused-ring (bicyclic) bond motifs is 3. The van der Waals surface area contributed by atoms with Gasteiger partial charge in [-0.2, -0.15) is 0 Å². The summed E-state index contributed by atoms with van der Waals surface area (Å²) in [7, 11) is -3.21. The first-order chi connectivity index (χ1) is 12.8. The number of hydrogen-bond donors (Lipinski definition) is 1. The van der Waals surface area contributed by atoms with Gasteiger partial charge in [0.05, 0.1) is 11.6 Å². The van der Waals surface area contributed by atoms with Gasteiger partial charge in [0.1, 0.15) is 4.83 Å². The lowest BCUT2D eigenvalue weighted by Gasteiger charge is -2.17. The molecule has 9 heteroatoms. The number of sulfonamides is 1. The molecule has 0 aliphatic heterocycles. The molecular formula is C18H27N3O3S3. The van der Waals surface area contributed by atoms with Crippen molar-refractivity contribution in [3.05, 3.63) is 20.8 Å². The fourth-order valence-corrected chi connectivity index (χ4v) is 6.27. The maximum atomic E-state index is 13.4. The predicted octanol–water partition coefficient (Wildman–Crippen LogP) is 3.34. The zero-order valence-electron chi connectivity index (χ0n) is 16.1. The highest BCUT2D eigenvalue weighted by molar-refractivity contribution is 7.99. The van der Waals surface area contributed by atoms with E-state index >= 15 is 0 Å². The number of aromatic nitrogens is 2. The molecule has 27 heavy (non-hydrogen) atoms. The topological polar surface area (TPSA) is 81.1 Å². The lowest BCUT2D eigenvalue weighted by atomic mass is 10.1. The van der Waals surface area contributed by atoms with E-state index in [1.54, 1.807) is 11.3 Å². The van der Waals surface area contributed by atoms with Crippen LogP contribution in [-0.2, 0) is 22.9 Å². The molecule has 1 N–H and O–H groups in total. The third-order valence-electron chi connectivity index (χ3n) is 4.97. The molecule has 0 radical (unpaired) electrons. The van der Waals surface area contributed by atoms with Crippen LogP contribution >= 0.6 is 23.1 Å². The summed E-state index contributed by atoms with van der Waals surface area (Å²) in [5.74, 6) is 0.534. The molecular weight excluding hydrogens is 402 g/mol. The Morgan fingerprint density at radius 2 is 2.04 bits per heavy atom. The first kappa shape index (κ1) is 20.8. The molecule has 0 saturated heterocycles. The summed E-state index contributed by atoms with van der Waals surface area (Å²) in [6, 6.07) is 0.0566. The number of nitrogens with one attached hydrogen (secondary N) is 1. The molecule has 1 unspecified atom stereocenters. The van der Waals surface area contributed by atoms with Crippen molar-refractivity contribution in [3.63, 3.8) is 0 Å². The van der Waals surface area contributed by atoms with Gasteiger partial charge in [-0.1, -0.05) is 25.1 Å². The summed E-state index contributed by atoms with van der Waals surface area (Å²) >= 11 is 3.11. The second-order valence-electron chi connectivity index (χ2n) is 7.09. The van der Waals surface area contributed by atoms with Gasteiger partial charge in [-0.3, -0.25) is 9.36 Å². The predicted molar refractivity (Wildman–Crippen MR) is 114 cm³/mol. The first-order valence-corrected chi connectivity index (χ1v) is 13.2. The zero-order chi connectivity index (χ0) is 19.6. The van der Waals surface area contributed by atoms with Crippen LogP contribution in [0.1, 0.15) is 56.0 Å². The minimum Gasteiger partial charge on any atom is -0.284 e. The van der Waals surface area contributed by atoms with Crippen LogP contribution in [0.2, 0.25) is 0 Å². The fraction of sp³-hybridized carbons (Fsp3) is 0.667. The summed E-state index contributed by atoms with van der Waals surface area (Å²) in [4.78, 5) is 20.4. The molecule has 1 aliphatic rings. The van der Waals surface area contributed by atoms with Crippen molar-refractivity contribution in [3.8, 4) is 0 Å². The van der Waals surface area contributed by atoms with Crippen LogP contribution in [0, 0.1) is 0 Å². The van der Waals surface area contributed by atoms with Crippen molar-refractivity contribution in [2.45, 2.75) is 63.6 Å². The van der Waals surface area contributed by atoms with Crippen molar-refractivity contribution in [1.29, 1.82) is 0 Å². The standard InChI is InChI=1S/C18H27N3O3S3/c1-4-12(2)21-17(22)15-13-8-6-5-7-9-14(13)26-16(15)20-18(21)25-11-10-19-27(3,23)24/h12,19H,4-11H2,1-3H3. The molecule has 0 bridgehead atoms. The third kappa shape index (κ3) is 4.75. The van der Waals surface area contributed by atoms with Crippen LogP contribution in [0.5, 0.6) is 0 Å². The van der Waals surface area contributed by atoms with Gasteiger partial charge in [0.15, 0.2) is 5.16 Å². The highest BCUT2D eigenvalue weighted by Gasteiger charge is 2.23. The highest BCUT2D eigenvalue weighted by Crippen LogP contribution is 2.34. The monoisotopic (exact) mass is 429 g/mol. The maximum absolute atomic E-state index is 13.4. The zero-order valence-corrected chi connectivity index (χ0v) is 18.5. The number of nitrogens with zero attached hydrogens (tertiary/aromatic N) is 2. The van der Waals surface area contributed by atoms with Gasteiger partial charge < -0.3 is 0 Å². The Hall–Kier alpha value is -0.900. The second kappa shape index (κ2) is 8.63. The van der Waals surface area contributed by atoms with E-state index in [0.717, 1.165) is 42.2 Å². The van der Waals surface area contributed by atoms with Gasteiger partial charge in [-0.15, -0.1) is 11.3 Å². The van der Waals surface area contributed by atoms with Crippen LogP contribution in [0.25, 0.3) is 10.2 Å². The molecule has 0 aromatic carbocycles. The average Bonchev–Trinajstić information content (AvgIpc) is 2.79. The summed E-state index contributed by atoms with van der Waals surface area (Å²) in [5, 5.41) is 1.50. The van der Waals surface area contributed by atoms with Crippen LogP contribution in [-0.4, -0.2) is 36.5 Å². The lowest BCUT2D eigenvalue weighted by Crippen LogP contribution is -2.27. The molecule has 0 saturated carbocycles.